The minimum Gasteiger partial charge on any atom is -0.369 e. The highest BCUT2D eigenvalue weighted by Gasteiger charge is 2.41. The lowest BCUT2D eigenvalue weighted by atomic mass is 9.71. The summed E-state index contributed by atoms with van der Waals surface area (Å²) < 4.78 is 0. The molecule has 3 fully saturated rings. The summed E-state index contributed by atoms with van der Waals surface area (Å²) in [6.07, 6.45) is 11.5. The fourth-order valence-electron chi connectivity index (χ4n) is 6.38. The van der Waals surface area contributed by atoms with Crippen LogP contribution < -0.4 is 5.73 Å². The zero-order chi connectivity index (χ0) is 22.6. The second kappa shape index (κ2) is 10.4. The van der Waals surface area contributed by atoms with E-state index in [1.54, 1.807) is 6.92 Å². The Morgan fingerprint density at radius 2 is 1.72 bits per heavy atom. The highest BCUT2D eigenvalue weighted by Crippen LogP contribution is 2.39. The number of likely N-dealkylation sites (tertiary alicyclic amines) is 2. The molecule has 1 atom stereocenters. The molecule has 5 heteroatoms. The van der Waals surface area contributed by atoms with E-state index in [9.17, 15) is 9.59 Å². The van der Waals surface area contributed by atoms with Gasteiger partial charge in [-0.3, -0.25) is 9.59 Å². The molecule has 1 aromatic carbocycles. The van der Waals surface area contributed by atoms with E-state index in [0.717, 1.165) is 64.2 Å². The van der Waals surface area contributed by atoms with Crippen LogP contribution in [0, 0.1) is 11.3 Å². The fraction of sp³-hybridized carbons (Fsp3) is 0.704. The van der Waals surface area contributed by atoms with Gasteiger partial charge in [0, 0.05) is 32.5 Å². The van der Waals surface area contributed by atoms with Crippen LogP contribution in [0.4, 0.5) is 0 Å². The van der Waals surface area contributed by atoms with Gasteiger partial charge in [-0.1, -0.05) is 43.5 Å². The normalized spacial score (nSPS) is 24.9. The molecule has 0 unspecified atom stereocenters. The Hall–Kier alpha value is -1.88. The third kappa shape index (κ3) is 5.36. The van der Waals surface area contributed by atoms with Crippen LogP contribution in [0.25, 0.3) is 0 Å². The van der Waals surface area contributed by atoms with Crippen LogP contribution in [0.15, 0.2) is 24.3 Å². The first-order valence-electron chi connectivity index (χ1n) is 12.8. The summed E-state index contributed by atoms with van der Waals surface area (Å²) in [5.74, 6) is 1.20. The van der Waals surface area contributed by atoms with Gasteiger partial charge in [-0.2, -0.15) is 0 Å². The SMILES string of the molecule is CC(=O)N1CCC[C@@H](c2ccccc2CC2(C(N)=O)CCN(CC3CCCCC3)CC2)C1. The summed E-state index contributed by atoms with van der Waals surface area (Å²) in [5, 5.41) is 0. The molecule has 2 aliphatic heterocycles. The summed E-state index contributed by atoms with van der Waals surface area (Å²) in [6, 6.07) is 8.56. The summed E-state index contributed by atoms with van der Waals surface area (Å²) in [5.41, 5.74) is 8.17. The average Bonchev–Trinajstić information content (AvgIpc) is 2.81. The molecule has 2 saturated heterocycles. The van der Waals surface area contributed by atoms with E-state index < -0.39 is 5.41 Å². The van der Waals surface area contributed by atoms with Gasteiger partial charge in [0.25, 0.3) is 0 Å². The van der Waals surface area contributed by atoms with Crippen LogP contribution in [0.2, 0.25) is 0 Å². The van der Waals surface area contributed by atoms with Crippen molar-refractivity contribution < 1.29 is 9.59 Å². The molecule has 176 valence electrons. The topological polar surface area (TPSA) is 66.6 Å². The molecule has 5 nitrogen and oxygen atoms in total. The lowest BCUT2D eigenvalue weighted by Crippen LogP contribution is -2.49. The number of nitrogens with two attached hydrogens (primary N) is 1. The number of hydrogen-bond acceptors (Lipinski definition) is 3. The smallest absolute Gasteiger partial charge is 0.224 e. The molecule has 1 aliphatic carbocycles. The first-order chi connectivity index (χ1) is 15.5. The van der Waals surface area contributed by atoms with Gasteiger partial charge in [0.1, 0.15) is 0 Å². The highest BCUT2D eigenvalue weighted by atomic mass is 16.2. The Balaban J connectivity index is 1.45. The van der Waals surface area contributed by atoms with Crippen molar-refractivity contribution in [1.82, 2.24) is 9.80 Å². The molecule has 1 saturated carbocycles. The quantitative estimate of drug-likeness (QED) is 0.726. The van der Waals surface area contributed by atoms with Crippen molar-refractivity contribution in [2.45, 2.75) is 77.0 Å². The number of primary amides is 1. The fourth-order valence-corrected chi connectivity index (χ4v) is 6.38. The molecule has 2 heterocycles. The molecular formula is C27H41N3O2. The number of amides is 2. The van der Waals surface area contributed by atoms with Gasteiger partial charge in [-0.05, 0) is 75.1 Å². The van der Waals surface area contributed by atoms with Gasteiger partial charge in [-0.25, -0.2) is 0 Å². The Morgan fingerprint density at radius 3 is 2.41 bits per heavy atom. The molecule has 2 N–H and O–H groups in total. The van der Waals surface area contributed by atoms with Crippen LogP contribution in [0.1, 0.15) is 81.8 Å². The van der Waals surface area contributed by atoms with Gasteiger partial charge in [0.2, 0.25) is 11.8 Å². The van der Waals surface area contributed by atoms with Crippen LogP contribution in [0.5, 0.6) is 0 Å². The molecule has 32 heavy (non-hydrogen) atoms. The number of nitrogens with zero attached hydrogens (tertiary/aromatic N) is 2. The number of carbonyl (C=O) groups is 2. The van der Waals surface area contributed by atoms with Crippen molar-refractivity contribution in [3.63, 3.8) is 0 Å². The second-order valence-corrected chi connectivity index (χ2v) is 10.6. The zero-order valence-corrected chi connectivity index (χ0v) is 19.9. The summed E-state index contributed by atoms with van der Waals surface area (Å²) in [6.45, 7) is 6.44. The Morgan fingerprint density at radius 1 is 1.00 bits per heavy atom. The van der Waals surface area contributed by atoms with Crippen LogP contribution >= 0.6 is 0 Å². The van der Waals surface area contributed by atoms with E-state index in [2.05, 4.69) is 29.2 Å². The van der Waals surface area contributed by atoms with Gasteiger partial charge in [0.15, 0.2) is 0 Å². The van der Waals surface area contributed by atoms with E-state index in [0.29, 0.717) is 5.92 Å². The molecule has 0 bridgehead atoms. The second-order valence-electron chi connectivity index (χ2n) is 10.6. The largest absolute Gasteiger partial charge is 0.369 e. The summed E-state index contributed by atoms with van der Waals surface area (Å²) in [7, 11) is 0. The lowest BCUT2D eigenvalue weighted by molar-refractivity contribution is -0.131. The van der Waals surface area contributed by atoms with E-state index in [4.69, 9.17) is 5.73 Å². The van der Waals surface area contributed by atoms with Crippen molar-refractivity contribution in [3.05, 3.63) is 35.4 Å². The van der Waals surface area contributed by atoms with Crippen LogP contribution in [-0.4, -0.2) is 54.3 Å². The number of hydrogen-bond donors (Lipinski definition) is 1. The molecule has 2 amide bonds. The molecule has 1 aromatic rings. The average molecular weight is 440 g/mol. The Bertz CT molecular complexity index is 794. The lowest BCUT2D eigenvalue weighted by Gasteiger charge is -2.42. The zero-order valence-electron chi connectivity index (χ0n) is 19.9. The first-order valence-corrected chi connectivity index (χ1v) is 12.8. The highest BCUT2D eigenvalue weighted by molar-refractivity contribution is 5.81. The van der Waals surface area contributed by atoms with E-state index in [-0.39, 0.29) is 11.8 Å². The molecule has 0 radical (unpaired) electrons. The summed E-state index contributed by atoms with van der Waals surface area (Å²) in [4.78, 5) is 29.3. The molecular weight excluding hydrogens is 398 g/mol. The van der Waals surface area contributed by atoms with Gasteiger partial charge >= 0.3 is 0 Å². The third-order valence-electron chi connectivity index (χ3n) is 8.47. The van der Waals surface area contributed by atoms with E-state index >= 15 is 0 Å². The van der Waals surface area contributed by atoms with E-state index in [1.165, 1.54) is 49.8 Å². The number of carbonyl (C=O) groups excluding carboxylic acids is 2. The molecule has 0 aromatic heterocycles. The van der Waals surface area contributed by atoms with Gasteiger partial charge < -0.3 is 15.5 Å². The molecule has 4 rings (SSSR count). The van der Waals surface area contributed by atoms with Crippen molar-refractivity contribution in [2.24, 2.45) is 17.1 Å². The number of rotatable bonds is 6. The maximum atomic E-state index is 12.8. The van der Waals surface area contributed by atoms with Crippen molar-refractivity contribution in [2.75, 3.05) is 32.7 Å². The third-order valence-corrected chi connectivity index (χ3v) is 8.47. The Labute approximate surface area is 193 Å². The molecule has 0 spiro atoms. The number of benzene rings is 1. The molecule has 3 aliphatic rings. The van der Waals surface area contributed by atoms with Crippen molar-refractivity contribution in [3.8, 4) is 0 Å². The van der Waals surface area contributed by atoms with Gasteiger partial charge in [-0.15, -0.1) is 0 Å². The monoisotopic (exact) mass is 439 g/mol. The summed E-state index contributed by atoms with van der Waals surface area (Å²) >= 11 is 0. The Kier molecular flexibility index (Phi) is 7.55. The maximum absolute atomic E-state index is 12.8. The number of piperidine rings is 2. The van der Waals surface area contributed by atoms with Gasteiger partial charge in [0.05, 0.1) is 5.41 Å². The predicted octanol–water partition coefficient (Wildman–Crippen LogP) is 4.10. The standard InChI is InChI=1S/C27H41N3O2/c1-21(31)30-15-7-11-24(20-30)25-12-6-5-10-23(25)18-27(26(28)32)13-16-29(17-14-27)19-22-8-3-2-4-9-22/h5-6,10,12,22,24H,2-4,7-9,11,13-20H2,1H3,(H2,28,32)/t24-/m1/s1. The first kappa shape index (κ1) is 23.3. The van der Waals surface area contributed by atoms with E-state index in [1.807, 2.05) is 4.90 Å². The predicted molar refractivity (Wildman–Crippen MR) is 128 cm³/mol. The minimum atomic E-state index is -0.450. The maximum Gasteiger partial charge on any atom is 0.224 e. The van der Waals surface area contributed by atoms with Crippen LogP contribution in [0.3, 0.4) is 0 Å². The van der Waals surface area contributed by atoms with Crippen molar-refractivity contribution >= 4 is 11.8 Å². The van der Waals surface area contributed by atoms with Crippen molar-refractivity contribution in [1.29, 1.82) is 0 Å². The van der Waals surface area contributed by atoms with Crippen LogP contribution in [-0.2, 0) is 16.0 Å². The minimum absolute atomic E-state index is 0.140.